The van der Waals surface area contributed by atoms with Gasteiger partial charge >= 0.3 is 12.1 Å². The van der Waals surface area contributed by atoms with E-state index in [0.29, 0.717) is 25.7 Å². The number of carbonyl (C=O) groups is 3. The van der Waals surface area contributed by atoms with E-state index in [1.165, 1.54) is 18.2 Å². The Bertz CT molecular complexity index is 1030. The average Bonchev–Trinajstić information content (AvgIpc) is 3.19. The molecule has 8 nitrogen and oxygen atoms in total. The second-order valence-corrected chi connectivity index (χ2v) is 9.28. The molecular weight excluding hydrogens is 448 g/mol. The number of methoxy groups -OCH3 is 1. The molecule has 0 aromatic heterocycles. The molecule has 8 heteroatoms. The lowest BCUT2D eigenvalue weighted by Crippen LogP contribution is -2.51. The minimum absolute atomic E-state index is 0.00394. The minimum atomic E-state index is -1.13. The van der Waals surface area contributed by atoms with E-state index in [4.69, 9.17) is 9.47 Å². The zero-order valence-corrected chi connectivity index (χ0v) is 20.0. The van der Waals surface area contributed by atoms with E-state index in [0.717, 1.165) is 11.1 Å². The van der Waals surface area contributed by atoms with Crippen LogP contribution in [0.1, 0.15) is 49.7 Å². The Morgan fingerprint density at radius 1 is 0.971 bits per heavy atom. The summed E-state index contributed by atoms with van der Waals surface area (Å²) in [4.78, 5) is 36.5. The summed E-state index contributed by atoms with van der Waals surface area (Å²) >= 11 is 0. The minimum Gasteiger partial charge on any atom is -0.480 e. The van der Waals surface area contributed by atoms with Crippen molar-refractivity contribution in [2.75, 3.05) is 13.7 Å². The van der Waals surface area contributed by atoms with E-state index in [1.807, 2.05) is 24.3 Å². The molecule has 2 aliphatic rings. The molecule has 0 saturated heterocycles. The first-order chi connectivity index (χ1) is 16.9. The first-order valence-electron chi connectivity index (χ1n) is 12.1. The Balaban J connectivity index is 1.26. The second-order valence-electron chi connectivity index (χ2n) is 9.28. The summed E-state index contributed by atoms with van der Waals surface area (Å²) in [6.45, 7) is 1.86. The molecule has 2 aromatic carbocycles. The van der Waals surface area contributed by atoms with Gasteiger partial charge in [0.1, 0.15) is 6.61 Å². The van der Waals surface area contributed by atoms with Crippen LogP contribution < -0.4 is 10.6 Å². The van der Waals surface area contributed by atoms with Gasteiger partial charge in [0.2, 0.25) is 5.91 Å². The third-order valence-electron chi connectivity index (χ3n) is 7.17. The van der Waals surface area contributed by atoms with Gasteiger partial charge < -0.3 is 25.2 Å². The highest BCUT2D eigenvalue weighted by Crippen LogP contribution is 2.44. The number of hydrogen-bond donors (Lipinski definition) is 3. The van der Waals surface area contributed by atoms with Crippen LogP contribution in [0.3, 0.4) is 0 Å². The Morgan fingerprint density at radius 3 is 2.09 bits per heavy atom. The highest BCUT2D eigenvalue weighted by atomic mass is 16.5. The number of nitrogens with one attached hydrogen (secondary N) is 2. The molecule has 0 spiro atoms. The van der Waals surface area contributed by atoms with Crippen molar-refractivity contribution in [2.24, 2.45) is 5.92 Å². The number of amides is 2. The zero-order valence-electron chi connectivity index (χ0n) is 20.0. The Morgan fingerprint density at radius 2 is 1.54 bits per heavy atom. The standard InChI is InChI=1S/C27H32N2O6/c1-16(34-2)24(26(31)32)29-25(30)17-11-13-18(14-12-17)28-27(33)35-15-23-21-9-5-3-7-19(21)20-8-4-6-10-22(20)23/h3-10,16-18,23-24H,11-15H2,1-2H3,(H,28,33)(H,29,30)(H,31,32). The van der Waals surface area contributed by atoms with Gasteiger partial charge in [0, 0.05) is 25.0 Å². The maximum atomic E-state index is 12.6. The number of hydrogen-bond acceptors (Lipinski definition) is 5. The molecule has 0 bridgehead atoms. The molecule has 2 aromatic rings. The summed E-state index contributed by atoms with van der Waals surface area (Å²) in [7, 11) is 1.41. The lowest BCUT2D eigenvalue weighted by Gasteiger charge is -2.29. The van der Waals surface area contributed by atoms with Gasteiger partial charge in [-0.05, 0) is 54.9 Å². The SMILES string of the molecule is COC(C)C(NC(=O)C1CCC(NC(=O)OCC2c3ccccc3-c3ccccc32)CC1)C(=O)O. The number of alkyl carbamates (subject to hydrolysis) is 1. The molecular formula is C27H32N2O6. The second kappa shape index (κ2) is 10.9. The molecule has 0 aliphatic heterocycles. The van der Waals surface area contributed by atoms with E-state index in [-0.39, 0.29) is 30.4 Å². The number of rotatable bonds is 8. The van der Waals surface area contributed by atoms with Crippen molar-refractivity contribution in [1.29, 1.82) is 0 Å². The van der Waals surface area contributed by atoms with Gasteiger partial charge in [0.25, 0.3) is 0 Å². The fourth-order valence-corrected chi connectivity index (χ4v) is 5.09. The number of carbonyl (C=O) groups excluding carboxylic acids is 2. The molecule has 0 heterocycles. The first-order valence-corrected chi connectivity index (χ1v) is 12.1. The van der Waals surface area contributed by atoms with E-state index in [2.05, 4.69) is 34.9 Å². The van der Waals surface area contributed by atoms with Crippen LogP contribution in [0.2, 0.25) is 0 Å². The van der Waals surface area contributed by atoms with Crippen molar-refractivity contribution >= 4 is 18.0 Å². The van der Waals surface area contributed by atoms with Crippen molar-refractivity contribution in [1.82, 2.24) is 10.6 Å². The molecule has 3 N–H and O–H groups in total. The van der Waals surface area contributed by atoms with Gasteiger partial charge in [0.15, 0.2) is 6.04 Å². The lowest BCUT2D eigenvalue weighted by atomic mass is 9.85. The first kappa shape index (κ1) is 24.7. The molecule has 1 saturated carbocycles. The predicted molar refractivity (Wildman–Crippen MR) is 130 cm³/mol. The van der Waals surface area contributed by atoms with E-state index < -0.39 is 24.2 Å². The zero-order chi connectivity index (χ0) is 24.9. The van der Waals surface area contributed by atoms with Crippen LogP contribution in [0.15, 0.2) is 48.5 Å². The molecule has 35 heavy (non-hydrogen) atoms. The van der Waals surface area contributed by atoms with Gasteiger partial charge in [-0.1, -0.05) is 48.5 Å². The Labute approximate surface area is 205 Å². The molecule has 186 valence electrons. The summed E-state index contributed by atoms with van der Waals surface area (Å²) in [5, 5.41) is 14.9. The average molecular weight is 481 g/mol. The predicted octanol–water partition coefficient (Wildman–Crippen LogP) is 3.69. The molecule has 0 radical (unpaired) electrons. The topological polar surface area (TPSA) is 114 Å². The van der Waals surface area contributed by atoms with Crippen LogP contribution in [-0.2, 0) is 19.1 Å². The van der Waals surface area contributed by atoms with Crippen LogP contribution in [-0.4, -0.2) is 55.0 Å². The molecule has 1 fully saturated rings. The number of aliphatic carboxylic acids is 1. The number of carboxylic acid groups (broad SMARTS) is 1. The molecule has 2 unspecified atom stereocenters. The quantitative estimate of drug-likeness (QED) is 0.531. The van der Waals surface area contributed by atoms with Gasteiger partial charge in [-0.2, -0.15) is 0 Å². The van der Waals surface area contributed by atoms with Crippen molar-refractivity contribution < 1.29 is 29.0 Å². The number of benzene rings is 2. The summed E-state index contributed by atoms with van der Waals surface area (Å²) in [6.07, 6.45) is 1.28. The molecule has 2 aliphatic carbocycles. The van der Waals surface area contributed by atoms with Crippen LogP contribution in [0.25, 0.3) is 11.1 Å². The van der Waals surface area contributed by atoms with Crippen LogP contribution in [0, 0.1) is 5.92 Å². The van der Waals surface area contributed by atoms with E-state index in [1.54, 1.807) is 6.92 Å². The normalized spacial score (nSPS) is 20.7. The van der Waals surface area contributed by atoms with Crippen LogP contribution >= 0.6 is 0 Å². The van der Waals surface area contributed by atoms with Crippen molar-refractivity contribution in [3.05, 3.63) is 59.7 Å². The Kier molecular flexibility index (Phi) is 7.70. The van der Waals surface area contributed by atoms with Gasteiger partial charge in [0.05, 0.1) is 6.10 Å². The van der Waals surface area contributed by atoms with Gasteiger partial charge in [-0.3, -0.25) is 4.79 Å². The monoisotopic (exact) mass is 480 g/mol. The number of fused-ring (bicyclic) bond motifs is 3. The fourth-order valence-electron chi connectivity index (χ4n) is 5.09. The maximum absolute atomic E-state index is 12.6. The van der Waals surface area contributed by atoms with Crippen LogP contribution in [0.4, 0.5) is 4.79 Å². The van der Waals surface area contributed by atoms with Crippen molar-refractivity contribution in [3.63, 3.8) is 0 Å². The smallest absolute Gasteiger partial charge is 0.407 e. The summed E-state index contributed by atoms with van der Waals surface area (Å²) in [5.41, 5.74) is 4.68. The highest BCUT2D eigenvalue weighted by molar-refractivity contribution is 5.85. The van der Waals surface area contributed by atoms with E-state index >= 15 is 0 Å². The summed E-state index contributed by atoms with van der Waals surface area (Å²) < 4.78 is 10.7. The number of ether oxygens (including phenoxy) is 2. The number of carboxylic acids is 1. The summed E-state index contributed by atoms with van der Waals surface area (Å²) in [6, 6.07) is 15.2. The van der Waals surface area contributed by atoms with Crippen molar-refractivity contribution in [2.45, 2.75) is 56.7 Å². The fraction of sp³-hybridized carbons (Fsp3) is 0.444. The van der Waals surface area contributed by atoms with Gasteiger partial charge in [-0.25, -0.2) is 9.59 Å². The maximum Gasteiger partial charge on any atom is 0.407 e. The largest absolute Gasteiger partial charge is 0.480 e. The molecule has 4 rings (SSSR count). The van der Waals surface area contributed by atoms with Crippen molar-refractivity contribution in [3.8, 4) is 11.1 Å². The Hall–Kier alpha value is -3.39. The lowest BCUT2D eigenvalue weighted by molar-refractivity contribution is -0.146. The molecule has 2 atom stereocenters. The summed E-state index contributed by atoms with van der Waals surface area (Å²) in [5.74, 6) is -1.70. The van der Waals surface area contributed by atoms with Gasteiger partial charge in [-0.15, -0.1) is 0 Å². The highest BCUT2D eigenvalue weighted by Gasteiger charge is 2.33. The third kappa shape index (κ3) is 5.48. The van der Waals surface area contributed by atoms with E-state index in [9.17, 15) is 19.5 Å². The van der Waals surface area contributed by atoms with Crippen LogP contribution in [0.5, 0.6) is 0 Å². The molecule has 2 amide bonds. The third-order valence-corrected chi connectivity index (χ3v) is 7.17.